The minimum absolute atomic E-state index is 0. The molecule has 0 radical (unpaired) electrons. The molecule has 1 aromatic carbocycles. The van der Waals surface area contributed by atoms with Gasteiger partial charge in [0, 0.05) is 11.6 Å². The molecule has 1 rings (SSSR count). The molecule has 0 aliphatic heterocycles. The Kier molecular flexibility index (Phi) is 7.05. The highest BCUT2D eigenvalue weighted by Crippen LogP contribution is 2.28. The zero-order chi connectivity index (χ0) is 11.3. The van der Waals surface area contributed by atoms with E-state index in [2.05, 4.69) is 0 Å². The Hall–Kier alpha value is -0.840. The zero-order valence-corrected chi connectivity index (χ0v) is 10.1. The molecule has 16 heavy (non-hydrogen) atoms. The molecule has 0 heterocycles. The molecule has 0 saturated heterocycles. The van der Waals surface area contributed by atoms with Crippen LogP contribution >= 0.6 is 12.4 Å². The van der Waals surface area contributed by atoms with Crippen molar-refractivity contribution < 1.29 is 9.13 Å². The fraction of sp³-hybridized carbons (Fsp3) is 0.455. The average Bonchev–Trinajstić information content (AvgIpc) is 2.25. The molecule has 0 aliphatic rings. The Morgan fingerprint density at radius 3 is 2.69 bits per heavy atom. The van der Waals surface area contributed by atoms with E-state index in [1.807, 2.05) is 0 Å². The lowest BCUT2D eigenvalue weighted by molar-refractivity contribution is 0.396. The predicted molar refractivity (Wildman–Crippen MR) is 65.4 cm³/mol. The third-order valence-corrected chi connectivity index (χ3v) is 2.32. The van der Waals surface area contributed by atoms with Gasteiger partial charge in [0.15, 0.2) is 0 Å². The standard InChI is InChI=1S/C11H17FN2O.ClH/c1-15-10-6-2-4-8(12)11(10)9(14)5-3-7-13;/h2,4,6,9H,3,5,7,13-14H2,1H3;1H/t9-;/m1./s1. The molecule has 3 nitrogen and oxygen atoms in total. The Balaban J connectivity index is 0.00000225. The highest BCUT2D eigenvalue weighted by atomic mass is 35.5. The van der Waals surface area contributed by atoms with Gasteiger partial charge < -0.3 is 16.2 Å². The van der Waals surface area contributed by atoms with Crippen LogP contribution in [0.1, 0.15) is 24.4 Å². The van der Waals surface area contributed by atoms with Gasteiger partial charge in [-0.2, -0.15) is 0 Å². The summed E-state index contributed by atoms with van der Waals surface area (Å²) in [6.07, 6.45) is 1.44. The molecule has 1 atom stereocenters. The largest absolute Gasteiger partial charge is 0.496 e. The number of nitrogens with two attached hydrogens (primary N) is 2. The fourth-order valence-corrected chi connectivity index (χ4v) is 1.54. The first-order chi connectivity index (χ1) is 7.20. The summed E-state index contributed by atoms with van der Waals surface area (Å²) in [7, 11) is 1.51. The van der Waals surface area contributed by atoms with Crippen molar-refractivity contribution >= 4 is 12.4 Å². The smallest absolute Gasteiger partial charge is 0.131 e. The number of halogens is 2. The van der Waals surface area contributed by atoms with E-state index < -0.39 is 0 Å². The van der Waals surface area contributed by atoms with Crippen molar-refractivity contribution in [1.82, 2.24) is 0 Å². The Morgan fingerprint density at radius 1 is 1.44 bits per heavy atom. The van der Waals surface area contributed by atoms with Crippen LogP contribution in [0.25, 0.3) is 0 Å². The van der Waals surface area contributed by atoms with Crippen LogP contribution in [-0.4, -0.2) is 13.7 Å². The molecular formula is C11H18ClFN2O. The van der Waals surface area contributed by atoms with Crippen LogP contribution in [0.4, 0.5) is 4.39 Å². The van der Waals surface area contributed by atoms with Crippen molar-refractivity contribution in [3.05, 3.63) is 29.6 Å². The van der Waals surface area contributed by atoms with Gasteiger partial charge in [0.2, 0.25) is 0 Å². The predicted octanol–water partition coefficient (Wildman–Crippen LogP) is 1.99. The van der Waals surface area contributed by atoms with E-state index in [1.54, 1.807) is 12.1 Å². The number of benzene rings is 1. The van der Waals surface area contributed by atoms with Crippen molar-refractivity contribution in [3.8, 4) is 5.75 Å². The monoisotopic (exact) mass is 248 g/mol. The molecule has 92 valence electrons. The molecule has 5 heteroatoms. The summed E-state index contributed by atoms with van der Waals surface area (Å²) in [6.45, 7) is 0.560. The molecule has 4 N–H and O–H groups in total. The Morgan fingerprint density at radius 2 is 2.12 bits per heavy atom. The molecule has 0 amide bonds. The van der Waals surface area contributed by atoms with Gasteiger partial charge in [-0.25, -0.2) is 4.39 Å². The summed E-state index contributed by atoms with van der Waals surface area (Å²) in [6, 6.07) is 4.35. The second-order valence-electron chi connectivity index (χ2n) is 3.39. The molecular weight excluding hydrogens is 231 g/mol. The van der Waals surface area contributed by atoms with Crippen molar-refractivity contribution in [1.29, 1.82) is 0 Å². The van der Waals surface area contributed by atoms with Crippen molar-refractivity contribution in [2.75, 3.05) is 13.7 Å². The number of rotatable bonds is 5. The maximum absolute atomic E-state index is 13.5. The minimum atomic E-state index is -0.357. The Labute approximate surface area is 101 Å². The lowest BCUT2D eigenvalue weighted by Gasteiger charge is -2.15. The van der Waals surface area contributed by atoms with E-state index in [0.29, 0.717) is 24.3 Å². The average molecular weight is 249 g/mol. The summed E-state index contributed by atoms with van der Waals surface area (Å²) < 4.78 is 18.6. The van der Waals surface area contributed by atoms with Crippen LogP contribution in [0, 0.1) is 5.82 Å². The molecule has 0 unspecified atom stereocenters. The number of methoxy groups -OCH3 is 1. The SMILES string of the molecule is COc1cccc(F)c1[C@H](N)CCCN.Cl. The fourth-order valence-electron chi connectivity index (χ4n) is 1.54. The Bertz CT molecular complexity index is 323. The van der Waals surface area contributed by atoms with Gasteiger partial charge in [-0.1, -0.05) is 6.07 Å². The van der Waals surface area contributed by atoms with Crippen LogP contribution in [-0.2, 0) is 0 Å². The van der Waals surface area contributed by atoms with Gasteiger partial charge in [0.05, 0.1) is 7.11 Å². The molecule has 0 fully saturated rings. The van der Waals surface area contributed by atoms with Crippen LogP contribution in [0.15, 0.2) is 18.2 Å². The highest BCUT2D eigenvalue weighted by molar-refractivity contribution is 5.85. The summed E-state index contributed by atoms with van der Waals surface area (Å²) in [5.74, 6) is 0.179. The molecule has 0 aromatic heterocycles. The van der Waals surface area contributed by atoms with Crippen LogP contribution < -0.4 is 16.2 Å². The lowest BCUT2D eigenvalue weighted by atomic mass is 10.0. The summed E-state index contributed by atoms with van der Waals surface area (Å²) in [4.78, 5) is 0. The van der Waals surface area contributed by atoms with Gasteiger partial charge in [0.1, 0.15) is 11.6 Å². The lowest BCUT2D eigenvalue weighted by Crippen LogP contribution is -2.15. The van der Waals surface area contributed by atoms with E-state index in [-0.39, 0.29) is 24.3 Å². The van der Waals surface area contributed by atoms with Gasteiger partial charge in [-0.05, 0) is 31.5 Å². The van der Waals surface area contributed by atoms with E-state index >= 15 is 0 Å². The number of ether oxygens (including phenoxy) is 1. The normalized spacial score (nSPS) is 11.8. The van der Waals surface area contributed by atoms with E-state index in [1.165, 1.54) is 13.2 Å². The molecule has 0 spiro atoms. The maximum atomic E-state index is 13.5. The molecule has 1 aromatic rings. The van der Waals surface area contributed by atoms with Crippen molar-refractivity contribution in [3.63, 3.8) is 0 Å². The maximum Gasteiger partial charge on any atom is 0.131 e. The summed E-state index contributed by atoms with van der Waals surface area (Å²) in [5.41, 5.74) is 11.7. The number of hydrogen-bond acceptors (Lipinski definition) is 3. The molecule has 0 bridgehead atoms. The summed E-state index contributed by atoms with van der Waals surface area (Å²) in [5, 5.41) is 0. The first kappa shape index (κ1) is 15.2. The van der Waals surface area contributed by atoms with E-state index in [9.17, 15) is 4.39 Å². The quantitative estimate of drug-likeness (QED) is 0.838. The third-order valence-electron chi connectivity index (χ3n) is 2.32. The van der Waals surface area contributed by atoms with E-state index in [4.69, 9.17) is 16.2 Å². The highest BCUT2D eigenvalue weighted by Gasteiger charge is 2.15. The van der Waals surface area contributed by atoms with Gasteiger partial charge in [0.25, 0.3) is 0 Å². The summed E-state index contributed by atoms with van der Waals surface area (Å²) >= 11 is 0. The third kappa shape index (κ3) is 3.63. The molecule has 0 aliphatic carbocycles. The topological polar surface area (TPSA) is 61.3 Å². The van der Waals surface area contributed by atoms with E-state index in [0.717, 1.165) is 6.42 Å². The zero-order valence-electron chi connectivity index (χ0n) is 9.28. The van der Waals surface area contributed by atoms with Crippen molar-refractivity contribution in [2.45, 2.75) is 18.9 Å². The van der Waals surface area contributed by atoms with Gasteiger partial charge in [-0.3, -0.25) is 0 Å². The van der Waals surface area contributed by atoms with Crippen molar-refractivity contribution in [2.24, 2.45) is 11.5 Å². The first-order valence-electron chi connectivity index (χ1n) is 4.98. The van der Waals surface area contributed by atoms with Crippen LogP contribution in [0.2, 0.25) is 0 Å². The van der Waals surface area contributed by atoms with Crippen LogP contribution in [0.5, 0.6) is 5.75 Å². The minimum Gasteiger partial charge on any atom is -0.496 e. The molecule has 0 saturated carbocycles. The van der Waals surface area contributed by atoms with Gasteiger partial charge in [-0.15, -0.1) is 12.4 Å². The second kappa shape index (κ2) is 7.44. The first-order valence-corrected chi connectivity index (χ1v) is 4.98. The number of hydrogen-bond donors (Lipinski definition) is 2. The van der Waals surface area contributed by atoms with Gasteiger partial charge >= 0.3 is 0 Å². The second-order valence-corrected chi connectivity index (χ2v) is 3.39. The van der Waals surface area contributed by atoms with Crippen LogP contribution in [0.3, 0.4) is 0 Å².